The molecular weight excluding hydrogens is 528 g/mol. The molecule has 8 heteroatoms. The van der Waals surface area contributed by atoms with Gasteiger partial charge in [0.15, 0.2) is 0 Å². The third kappa shape index (κ3) is 5.71. The number of amides is 2. The van der Waals surface area contributed by atoms with Crippen LogP contribution < -0.4 is 0 Å². The molecule has 2 amide bonds. The van der Waals surface area contributed by atoms with E-state index in [0.29, 0.717) is 26.1 Å². The molecule has 0 unspecified atom stereocenters. The number of nitrogens with one attached hydrogen (secondary N) is 1. The van der Waals surface area contributed by atoms with Crippen molar-refractivity contribution in [2.75, 3.05) is 13.1 Å². The smallest absolute Gasteiger partial charge is 0.410 e. The fraction of sp³-hybridized carbons (Fsp3) is 0.382. The van der Waals surface area contributed by atoms with Gasteiger partial charge in [-0.25, -0.2) is 14.6 Å². The minimum Gasteiger partial charge on any atom is -0.445 e. The molecule has 1 atom stereocenters. The van der Waals surface area contributed by atoms with E-state index in [-0.39, 0.29) is 24.8 Å². The lowest BCUT2D eigenvalue weighted by molar-refractivity contribution is 0.0223. The second kappa shape index (κ2) is 11.2. The summed E-state index contributed by atoms with van der Waals surface area (Å²) in [6.45, 7) is 9.67. The summed E-state index contributed by atoms with van der Waals surface area (Å²) < 4.78 is 11.5. The van der Waals surface area contributed by atoms with Gasteiger partial charge in [-0.05, 0) is 98.5 Å². The van der Waals surface area contributed by atoms with Crippen molar-refractivity contribution in [1.82, 2.24) is 19.8 Å². The molecule has 4 heterocycles. The van der Waals surface area contributed by atoms with E-state index in [1.54, 1.807) is 4.90 Å². The van der Waals surface area contributed by atoms with Gasteiger partial charge < -0.3 is 24.3 Å². The third-order valence-corrected chi connectivity index (χ3v) is 8.14. The van der Waals surface area contributed by atoms with Crippen LogP contribution in [0.25, 0.3) is 22.2 Å². The van der Waals surface area contributed by atoms with Gasteiger partial charge in [0.05, 0.1) is 6.04 Å². The molecule has 6 rings (SSSR count). The highest BCUT2D eigenvalue weighted by Gasteiger charge is 2.36. The summed E-state index contributed by atoms with van der Waals surface area (Å²) in [7, 11) is 0. The number of hydrogen-bond donors (Lipinski definition) is 1. The van der Waals surface area contributed by atoms with Crippen molar-refractivity contribution in [1.29, 1.82) is 0 Å². The van der Waals surface area contributed by atoms with Crippen molar-refractivity contribution in [2.24, 2.45) is 0 Å². The zero-order valence-electron chi connectivity index (χ0n) is 24.8. The molecule has 1 N–H and O–H groups in total. The highest BCUT2D eigenvalue weighted by Crippen LogP contribution is 2.40. The van der Waals surface area contributed by atoms with E-state index in [1.807, 2.05) is 68.4 Å². The Bertz CT molecular complexity index is 1620. The molecule has 0 aliphatic carbocycles. The maximum absolute atomic E-state index is 13.3. The summed E-state index contributed by atoms with van der Waals surface area (Å²) in [6.07, 6.45) is 5.73. The Morgan fingerprint density at radius 2 is 1.86 bits per heavy atom. The Morgan fingerprint density at radius 3 is 2.64 bits per heavy atom. The molecule has 2 aromatic carbocycles. The molecule has 0 radical (unpaired) electrons. The Hall–Kier alpha value is -4.33. The fourth-order valence-electron chi connectivity index (χ4n) is 6.09. The van der Waals surface area contributed by atoms with Crippen molar-refractivity contribution in [3.8, 4) is 11.1 Å². The van der Waals surface area contributed by atoms with E-state index in [0.717, 1.165) is 57.3 Å². The molecule has 0 bridgehead atoms. The van der Waals surface area contributed by atoms with Gasteiger partial charge in [-0.1, -0.05) is 30.3 Å². The maximum Gasteiger partial charge on any atom is 0.410 e. The first kappa shape index (κ1) is 27.8. The van der Waals surface area contributed by atoms with E-state index in [9.17, 15) is 9.59 Å². The van der Waals surface area contributed by atoms with E-state index in [1.165, 1.54) is 5.56 Å². The van der Waals surface area contributed by atoms with Crippen LogP contribution in [-0.2, 0) is 29.0 Å². The van der Waals surface area contributed by atoms with Gasteiger partial charge in [0, 0.05) is 43.0 Å². The van der Waals surface area contributed by atoms with Crippen molar-refractivity contribution in [3.63, 3.8) is 0 Å². The Kier molecular flexibility index (Phi) is 7.39. The number of likely N-dealkylation sites (tertiary alicyclic amines) is 1. The lowest BCUT2D eigenvalue weighted by Crippen LogP contribution is -2.39. The van der Waals surface area contributed by atoms with Gasteiger partial charge in [-0.2, -0.15) is 0 Å². The molecule has 2 aromatic heterocycles. The van der Waals surface area contributed by atoms with Crippen LogP contribution in [0.4, 0.5) is 9.59 Å². The van der Waals surface area contributed by atoms with E-state index in [4.69, 9.17) is 9.47 Å². The topological polar surface area (TPSA) is 87.8 Å². The molecule has 0 spiro atoms. The Labute approximate surface area is 246 Å². The molecule has 218 valence electrons. The van der Waals surface area contributed by atoms with Gasteiger partial charge in [0.25, 0.3) is 0 Å². The van der Waals surface area contributed by atoms with Crippen LogP contribution in [0.1, 0.15) is 67.5 Å². The van der Waals surface area contributed by atoms with Gasteiger partial charge in [-0.3, -0.25) is 0 Å². The number of aromatic nitrogens is 2. The first-order chi connectivity index (χ1) is 20.2. The number of nitrogens with zero attached hydrogens (tertiary/aromatic N) is 3. The predicted octanol–water partition coefficient (Wildman–Crippen LogP) is 7.31. The highest BCUT2D eigenvalue weighted by molar-refractivity contribution is 5.85. The summed E-state index contributed by atoms with van der Waals surface area (Å²) in [4.78, 5) is 37.9. The quantitative estimate of drug-likeness (QED) is 0.280. The molecule has 42 heavy (non-hydrogen) atoms. The molecule has 1 fully saturated rings. The number of benzene rings is 2. The van der Waals surface area contributed by atoms with E-state index in [2.05, 4.69) is 35.1 Å². The van der Waals surface area contributed by atoms with E-state index >= 15 is 0 Å². The second-order valence-corrected chi connectivity index (χ2v) is 12.3. The van der Waals surface area contributed by atoms with Crippen LogP contribution in [0.5, 0.6) is 0 Å². The zero-order chi connectivity index (χ0) is 29.4. The second-order valence-electron chi connectivity index (χ2n) is 12.3. The summed E-state index contributed by atoms with van der Waals surface area (Å²) >= 11 is 0. The van der Waals surface area contributed by atoms with Crippen LogP contribution in [0.15, 0.2) is 60.9 Å². The number of aromatic amines is 1. The Balaban J connectivity index is 1.35. The number of fused-ring (bicyclic) bond motifs is 2. The fourth-order valence-corrected chi connectivity index (χ4v) is 6.09. The number of carbonyl (C=O) groups is 2. The number of hydrogen-bond acceptors (Lipinski definition) is 5. The monoisotopic (exact) mass is 566 g/mol. The van der Waals surface area contributed by atoms with Gasteiger partial charge >= 0.3 is 12.2 Å². The van der Waals surface area contributed by atoms with Crippen LogP contribution in [-0.4, -0.2) is 50.6 Å². The maximum atomic E-state index is 13.3. The lowest BCUT2D eigenvalue weighted by Gasteiger charge is -2.34. The average molecular weight is 567 g/mol. The van der Waals surface area contributed by atoms with Crippen molar-refractivity contribution < 1.29 is 19.1 Å². The number of H-pyrrole nitrogens is 1. The molecule has 2 aliphatic heterocycles. The van der Waals surface area contributed by atoms with Crippen LogP contribution in [0.2, 0.25) is 0 Å². The Morgan fingerprint density at radius 1 is 1.05 bits per heavy atom. The molecule has 1 saturated heterocycles. The summed E-state index contributed by atoms with van der Waals surface area (Å²) in [6, 6.07) is 16.2. The summed E-state index contributed by atoms with van der Waals surface area (Å²) in [5.41, 5.74) is 7.82. The standard InChI is InChI=1S/C34H38N4O4/c1-22-18-35-31-28(22)17-25(19-36-31)24-15-26-20-37(32(39)41-21-23-9-6-5-7-10-23)14-12-27(26)29(16-24)30-11-8-13-38(30)33(40)42-34(2,3)4/h5-7,9-10,15-19,30H,8,11-14,20-21H2,1-4H3,(H,35,36)/t30-/m0/s1. The number of pyridine rings is 1. The largest absolute Gasteiger partial charge is 0.445 e. The minimum atomic E-state index is -0.568. The van der Waals surface area contributed by atoms with Crippen LogP contribution in [0, 0.1) is 6.92 Å². The van der Waals surface area contributed by atoms with Crippen molar-refractivity contribution in [3.05, 3.63) is 88.7 Å². The van der Waals surface area contributed by atoms with Gasteiger partial charge in [0.1, 0.15) is 17.9 Å². The van der Waals surface area contributed by atoms with Crippen LogP contribution >= 0.6 is 0 Å². The molecule has 4 aromatic rings. The number of carbonyl (C=O) groups excluding carboxylic acids is 2. The van der Waals surface area contributed by atoms with E-state index < -0.39 is 5.60 Å². The molecule has 0 saturated carbocycles. The zero-order valence-corrected chi connectivity index (χ0v) is 24.8. The SMILES string of the molecule is Cc1c[nH]c2ncc(-c3cc4c(c([C@@H]5CCCN5C(=O)OC(C)(C)C)c3)CCN(C(=O)OCc3ccccc3)C4)cc12. The third-order valence-electron chi connectivity index (χ3n) is 8.14. The normalized spacial score (nSPS) is 16.9. The summed E-state index contributed by atoms with van der Waals surface area (Å²) in [5.74, 6) is 0. The summed E-state index contributed by atoms with van der Waals surface area (Å²) in [5, 5.41) is 1.08. The number of rotatable bonds is 4. The van der Waals surface area contributed by atoms with Crippen molar-refractivity contribution >= 4 is 23.2 Å². The predicted molar refractivity (Wildman–Crippen MR) is 162 cm³/mol. The molecular formula is C34H38N4O4. The molecule has 8 nitrogen and oxygen atoms in total. The first-order valence-electron chi connectivity index (χ1n) is 14.7. The van der Waals surface area contributed by atoms with Crippen LogP contribution in [0.3, 0.4) is 0 Å². The number of aryl methyl sites for hydroxylation is 1. The average Bonchev–Trinajstić information content (AvgIpc) is 3.61. The van der Waals surface area contributed by atoms with Crippen molar-refractivity contribution in [2.45, 2.75) is 71.8 Å². The first-order valence-corrected chi connectivity index (χ1v) is 14.7. The highest BCUT2D eigenvalue weighted by atomic mass is 16.6. The minimum absolute atomic E-state index is 0.0872. The number of ether oxygens (including phenoxy) is 2. The molecule has 2 aliphatic rings. The van der Waals surface area contributed by atoms with Gasteiger partial charge in [0.2, 0.25) is 0 Å². The van der Waals surface area contributed by atoms with Gasteiger partial charge in [-0.15, -0.1) is 0 Å². The lowest BCUT2D eigenvalue weighted by atomic mass is 9.86.